The molecule has 0 aliphatic carbocycles. The van der Waals surface area contributed by atoms with Gasteiger partial charge in [-0.1, -0.05) is 24.3 Å². The van der Waals surface area contributed by atoms with E-state index in [2.05, 4.69) is 50.9 Å². The zero-order chi connectivity index (χ0) is 26.9. The molecule has 0 unspecified atom stereocenters. The van der Waals surface area contributed by atoms with Gasteiger partial charge >= 0.3 is 5.97 Å². The van der Waals surface area contributed by atoms with Crippen LogP contribution < -0.4 is 10.6 Å². The molecule has 4 N–H and O–H groups in total. The molecule has 39 heavy (non-hydrogen) atoms. The van der Waals surface area contributed by atoms with E-state index < -0.39 is 5.97 Å². The molecule has 190 valence electrons. The summed E-state index contributed by atoms with van der Waals surface area (Å²) in [6, 6.07) is 25.9. The second kappa shape index (κ2) is 9.75. The highest BCUT2D eigenvalue weighted by Gasteiger charge is 2.11. The first kappa shape index (κ1) is 23.9. The van der Waals surface area contributed by atoms with Gasteiger partial charge < -0.3 is 20.7 Å². The van der Waals surface area contributed by atoms with Crippen LogP contribution in [0.2, 0.25) is 0 Å². The van der Waals surface area contributed by atoms with Gasteiger partial charge in [0.2, 0.25) is 5.95 Å². The topological polar surface area (TPSA) is 120 Å². The molecule has 0 radical (unpaired) electrons. The maximum absolute atomic E-state index is 12.8. The van der Waals surface area contributed by atoms with Crippen molar-refractivity contribution < 1.29 is 14.7 Å². The highest BCUT2D eigenvalue weighted by molar-refractivity contribution is 6.05. The summed E-state index contributed by atoms with van der Waals surface area (Å²) < 4.78 is 0. The van der Waals surface area contributed by atoms with Crippen LogP contribution in [-0.2, 0) is 0 Å². The lowest BCUT2D eigenvalue weighted by atomic mass is 10.0. The smallest absolute Gasteiger partial charge is 0.335 e. The summed E-state index contributed by atoms with van der Waals surface area (Å²) in [4.78, 5) is 36.2. The fourth-order valence-electron chi connectivity index (χ4n) is 4.42. The standard InChI is InChI=1S/C31H23N5O3/c1-18-2-10-25(16-27(18)35-29(37)19-3-5-20(6-4-19)30(38)39)34-31-33-17-24-8-7-22(15-28(24)36-31)21-9-11-26-23(14-21)12-13-32-26/h2-17,32H,1H3,(H,35,37)(H,38,39)(H,33,34,36). The normalized spacial score (nSPS) is 11.0. The van der Waals surface area contributed by atoms with Crippen LogP contribution in [0.5, 0.6) is 0 Å². The number of rotatable bonds is 6. The van der Waals surface area contributed by atoms with Gasteiger partial charge in [0.15, 0.2) is 0 Å². The summed E-state index contributed by atoms with van der Waals surface area (Å²) in [6.45, 7) is 1.89. The van der Waals surface area contributed by atoms with E-state index in [1.54, 1.807) is 6.20 Å². The lowest BCUT2D eigenvalue weighted by Gasteiger charge is -2.12. The molecule has 0 atom stereocenters. The van der Waals surface area contributed by atoms with Gasteiger partial charge in [-0.05, 0) is 89.7 Å². The number of fused-ring (bicyclic) bond motifs is 2. The number of carboxylic acid groups (broad SMARTS) is 1. The number of hydrogen-bond donors (Lipinski definition) is 4. The number of carboxylic acids is 1. The van der Waals surface area contributed by atoms with E-state index in [0.717, 1.165) is 38.5 Å². The quantitative estimate of drug-likeness (QED) is 0.195. The van der Waals surface area contributed by atoms with Gasteiger partial charge in [-0.3, -0.25) is 4.79 Å². The van der Waals surface area contributed by atoms with Crippen molar-refractivity contribution in [1.29, 1.82) is 0 Å². The Morgan fingerprint density at radius 1 is 0.821 bits per heavy atom. The summed E-state index contributed by atoms with van der Waals surface area (Å²) in [5.74, 6) is -0.937. The van der Waals surface area contributed by atoms with E-state index in [0.29, 0.717) is 22.9 Å². The molecule has 0 fully saturated rings. The molecule has 4 aromatic carbocycles. The van der Waals surface area contributed by atoms with E-state index in [-0.39, 0.29) is 11.5 Å². The summed E-state index contributed by atoms with van der Waals surface area (Å²) in [5.41, 5.74) is 6.77. The Morgan fingerprint density at radius 3 is 2.41 bits per heavy atom. The maximum Gasteiger partial charge on any atom is 0.335 e. The van der Waals surface area contributed by atoms with Gasteiger partial charge in [0.1, 0.15) is 0 Å². The van der Waals surface area contributed by atoms with E-state index in [1.165, 1.54) is 24.3 Å². The second-order valence-corrected chi connectivity index (χ2v) is 9.24. The molecular weight excluding hydrogens is 490 g/mol. The number of carbonyl (C=O) groups is 2. The molecule has 6 rings (SSSR count). The molecule has 8 heteroatoms. The van der Waals surface area contributed by atoms with Gasteiger partial charge in [-0.15, -0.1) is 0 Å². The summed E-state index contributed by atoms with van der Waals surface area (Å²) >= 11 is 0. The van der Waals surface area contributed by atoms with Crippen LogP contribution >= 0.6 is 0 Å². The molecule has 1 amide bonds. The van der Waals surface area contributed by atoms with Gasteiger partial charge in [-0.2, -0.15) is 0 Å². The monoisotopic (exact) mass is 513 g/mol. The molecular formula is C31H23N5O3. The number of aromatic amines is 1. The van der Waals surface area contributed by atoms with Gasteiger partial charge in [0.25, 0.3) is 5.91 Å². The van der Waals surface area contributed by atoms with Crippen molar-refractivity contribution in [2.75, 3.05) is 10.6 Å². The second-order valence-electron chi connectivity index (χ2n) is 9.24. The average Bonchev–Trinajstić information content (AvgIpc) is 3.42. The van der Waals surface area contributed by atoms with Crippen LogP contribution in [0, 0.1) is 6.92 Å². The number of carbonyl (C=O) groups excluding carboxylic acids is 1. The Kier molecular flexibility index (Phi) is 5.97. The van der Waals surface area contributed by atoms with Crippen LogP contribution in [-0.4, -0.2) is 31.9 Å². The molecule has 0 spiro atoms. The molecule has 0 bridgehead atoms. The van der Waals surface area contributed by atoms with Gasteiger partial charge in [0, 0.05) is 40.2 Å². The number of anilines is 3. The molecule has 0 saturated carbocycles. The van der Waals surface area contributed by atoms with Crippen LogP contribution in [0.4, 0.5) is 17.3 Å². The summed E-state index contributed by atoms with van der Waals surface area (Å²) in [7, 11) is 0. The van der Waals surface area contributed by atoms with E-state index in [9.17, 15) is 9.59 Å². The minimum absolute atomic E-state index is 0.123. The molecule has 0 aliphatic rings. The molecule has 2 heterocycles. The van der Waals surface area contributed by atoms with E-state index in [1.807, 2.05) is 43.5 Å². The summed E-state index contributed by atoms with van der Waals surface area (Å²) in [5, 5.41) is 17.3. The fourth-order valence-corrected chi connectivity index (χ4v) is 4.42. The zero-order valence-electron chi connectivity index (χ0n) is 20.9. The first-order valence-electron chi connectivity index (χ1n) is 12.3. The third-order valence-corrected chi connectivity index (χ3v) is 6.61. The number of aromatic nitrogens is 3. The maximum atomic E-state index is 12.8. The minimum atomic E-state index is -1.04. The number of aromatic carboxylic acids is 1. The number of nitrogens with one attached hydrogen (secondary N) is 3. The van der Waals surface area contributed by atoms with Crippen LogP contribution in [0.3, 0.4) is 0 Å². The van der Waals surface area contributed by atoms with E-state index in [4.69, 9.17) is 10.1 Å². The first-order valence-corrected chi connectivity index (χ1v) is 12.3. The van der Waals surface area contributed by atoms with Crippen molar-refractivity contribution in [3.63, 3.8) is 0 Å². The van der Waals surface area contributed by atoms with Crippen molar-refractivity contribution >= 4 is 51.0 Å². The van der Waals surface area contributed by atoms with Crippen molar-refractivity contribution in [1.82, 2.24) is 15.0 Å². The fraction of sp³-hybridized carbons (Fsp3) is 0.0323. The number of amides is 1. The molecule has 2 aromatic heterocycles. The van der Waals surface area contributed by atoms with Gasteiger partial charge in [0.05, 0.1) is 11.1 Å². The zero-order valence-corrected chi connectivity index (χ0v) is 20.9. The van der Waals surface area contributed by atoms with Crippen LogP contribution in [0.1, 0.15) is 26.3 Å². The van der Waals surface area contributed by atoms with E-state index >= 15 is 0 Å². The lowest BCUT2D eigenvalue weighted by molar-refractivity contribution is 0.0696. The predicted octanol–water partition coefficient (Wildman–Crippen LogP) is 6.78. The number of hydrogen-bond acceptors (Lipinski definition) is 5. The number of aryl methyl sites for hydroxylation is 1. The van der Waals surface area contributed by atoms with Gasteiger partial charge in [-0.25, -0.2) is 14.8 Å². The summed E-state index contributed by atoms with van der Waals surface area (Å²) in [6.07, 6.45) is 3.71. The highest BCUT2D eigenvalue weighted by atomic mass is 16.4. The third kappa shape index (κ3) is 4.91. The van der Waals surface area contributed by atoms with Crippen molar-refractivity contribution in [2.24, 2.45) is 0 Å². The molecule has 8 nitrogen and oxygen atoms in total. The Hall–Kier alpha value is -5.50. The van der Waals surface area contributed by atoms with Crippen LogP contribution in [0.15, 0.2) is 97.3 Å². The largest absolute Gasteiger partial charge is 0.478 e. The van der Waals surface area contributed by atoms with Crippen molar-refractivity contribution in [3.8, 4) is 11.1 Å². The first-order chi connectivity index (χ1) is 18.9. The van der Waals surface area contributed by atoms with Crippen molar-refractivity contribution in [3.05, 3.63) is 114 Å². The van der Waals surface area contributed by atoms with Crippen LogP contribution in [0.25, 0.3) is 32.9 Å². The average molecular weight is 514 g/mol. The predicted molar refractivity (Wildman–Crippen MR) is 153 cm³/mol. The number of benzene rings is 4. The highest BCUT2D eigenvalue weighted by Crippen LogP contribution is 2.28. The third-order valence-electron chi connectivity index (χ3n) is 6.61. The van der Waals surface area contributed by atoms with Crippen molar-refractivity contribution in [2.45, 2.75) is 6.92 Å². The Labute approximate surface area is 223 Å². The Bertz CT molecular complexity index is 1880. The minimum Gasteiger partial charge on any atom is -0.478 e. The Morgan fingerprint density at radius 2 is 1.59 bits per heavy atom. The Balaban J connectivity index is 1.23. The molecule has 0 aliphatic heterocycles. The lowest BCUT2D eigenvalue weighted by Crippen LogP contribution is -2.13. The number of nitrogens with zero attached hydrogens (tertiary/aromatic N) is 2. The molecule has 6 aromatic rings. The SMILES string of the molecule is Cc1ccc(Nc2ncc3ccc(-c4ccc5[nH]ccc5c4)cc3n2)cc1NC(=O)c1ccc(C(=O)O)cc1. The number of H-pyrrole nitrogens is 1. The molecule has 0 saturated heterocycles.